The SMILES string of the molecule is O=C(CNC(=O)c1cccc(Br)c1)OCC(=O)N1CCNC1=O. The molecule has 122 valence electrons. The summed E-state index contributed by atoms with van der Waals surface area (Å²) in [5.41, 5.74) is 0.386. The maximum atomic E-state index is 11.8. The normalized spacial score (nSPS) is 13.4. The molecule has 1 heterocycles. The van der Waals surface area contributed by atoms with Crippen LogP contribution in [0.1, 0.15) is 10.4 Å². The van der Waals surface area contributed by atoms with Crippen LogP contribution in [0.5, 0.6) is 0 Å². The lowest BCUT2D eigenvalue weighted by atomic mass is 10.2. The molecule has 0 radical (unpaired) electrons. The highest BCUT2D eigenvalue weighted by atomic mass is 79.9. The van der Waals surface area contributed by atoms with Gasteiger partial charge in [0, 0.05) is 23.1 Å². The Bertz CT molecular complexity index is 649. The Balaban J connectivity index is 1.73. The van der Waals surface area contributed by atoms with Crippen molar-refractivity contribution >= 4 is 39.7 Å². The Hall–Kier alpha value is -2.42. The molecule has 0 spiro atoms. The number of benzene rings is 1. The van der Waals surface area contributed by atoms with Gasteiger partial charge in [0.25, 0.3) is 11.8 Å². The summed E-state index contributed by atoms with van der Waals surface area (Å²) in [7, 11) is 0. The molecule has 0 saturated carbocycles. The molecule has 0 unspecified atom stereocenters. The van der Waals surface area contributed by atoms with Crippen LogP contribution in [0.15, 0.2) is 28.7 Å². The number of nitrogens with one attached hydrogen (secondary N) is 2. The van der Waals surface area contributed by atoms with Crippen LogP contribution in [0.25, 0.3) is 0 Å². The minimum atomic E-state index is -0.763. The van der Waals surface area contributed by atoms with Crippen LogP contribution in [-0.4, -0.2) is 55.0 Å². The van der Waals surface area contributed by atoms with Crippen LogP contribution in [-0.2, 0) is 14.3 Å². The second-order valence-corrected chi connectivity index (χ2v) is 5.55. The zero-order valence-electron chi connectivity index (χ0n) is 12.0. The number of urea groups is 1. The Morgan fingerprint density at radius 3 is 2.78 bits per heavy atom. The molecule has 9 heteroatoms. The Kier molecular flexibility index (Phi) is 5.69. The van der Waals surface area contributed by atoms with Gasteiger partial charge in [0.15, 0.2) is 6.61 Å². The summed E-state index contributed by atoms with van der Waals surface area (Å²) in [6.07, 6.45) is 0. The van der Waals surface area contributed by atoms with Gasteiger partial charge in [-0.25, -0.2) is 4.79 Å². The number of halogens is 1. The van der Waals surface area contributed by atoms with Crippen molar-refractivity contribution in [2.45, 2.75) is 0 Å². The van der Waals surface area contributed by atoms with E-state index in [0.29, 0.717) is 12.1 Å². The van der Waals surface area contributed by atoms with Crippen molar-refractivity contribution in [2.24, 2.45) is 0 Å². The van der Waals surface area contributed by atoms with E-state index in [1.807, 2.05) is 0 Å². The van der Waals surface area contributed by atoms with Crippen molar-refractivity contribution in [3.63, 3.8) is 0 Å². The number of carbonyl (C=O) groups is 4. The van der Waals surface area contributed by atoms with Crippen LogP contribution in [0.3, 0.4) is 0 Å². The van der Waals surface area contributed by atoms with Crippen molar-refractivity contribution in [1.29, 1.82) is 0 Å². The monoisotopic (exact) mass is 383 g/mol. The third-order valence-corrected chi connectivity index (χ3v) is 3.49. The molecule has 23 heavy (non-hydrogen) atoms. The summed E-state index contributed by atoms with van der Waals surface area (Å²) in [6, 6.07) is 6.16. The van der Waals surface area contributed by atoms with Crippen molar-refractivity contribution < 1.29 is 23.9 Å². The number of nitrogens with zero attached hydrogens (tertiary/aromatic N) is 1. The van der Waals surface area contributed by atoms with E-state index >= 15 is 0 Å². The molecule has 2 rings (SSSR count). The first-order chi connectivity index (χ1) is 11.0. The first-order valence-electron chi connectivity index (χ1n) is 6.75. The third-order valence-electron chi connectivity index (χ3n) is 2.99. The van der Waals surface area contributed by atoms with E-state index in [-0.39, 0.29) is 13.1 Å². The first-order valence-corrected chi connectivity index (χ1v) is 7.54. The highest BCUT2D eigenvalue weighted by Gasteiger charge is 2.26. The fourth-order valence-electron chi connectivity index (χ4n) is 1.86. The van der Waals surface area contributed by atoms with Crippen LogP contribution < -0.4 is 10.6 Å². The van der Waals surface area contributed by atoms with Crippen molar-refractivity contribution in [1.82, 2.24) is 15.5 Å². The van der Waals surface area contributed by atoms with Gasteiger partial charge in [-0.15, -0.1) is 0 Å². The van der Waals surface area contributed by atoms with Crippen LogP contribution in [0, 0.1) is 0 Å². The Morgan fingerprint density at radius 1 is 1.35 bits per heavy atom. The molecule has 0 atom stereocenters. The van der Waals surface area contributed by atoms with E-state index in [1.54, 1.807) is 24.3 Å². The molecular formula is C14H14BrN3O5. The number of ether oxygens (including phenoxy) is 1. The lowest BCUT2D eigenvalue weighted by molar-refractivity contribution is -0.149. The number of hydrogen-bond acceptors (Lipinski definition) is 5. The Morgan fingerprint density at radius 2 is 2.13 bits per heavy atom. The second kappa shape index (κ2) is 7.73. The van der Waals surface area contributed by atoms with Gasteiger partial charge in [-0.3, -0.25) is 19.3 Å². The quantitative estimate of drug-likeness (QED) is 0.710. The van der Waals surface area contributed by atoms with Gasteiger partial charge in [-0.2, -0.15) is 0 Å². The van der Waals surface area contributed by atoms with Crippen LogP contribution in [0.4, 0.5) is 4.79 Å². The maximum absolute atomic E-state index is 11.8. The largest absolute Gasteiger partial charge is 0.454 e. The summed E-state index contributed by atoms with van der Waals surface area (Å²) in [5.74, 6) is -1.80. The fourth-order valence-corrected chi connectivity index (χ4v) is 2.26. The molecule has 0 aromatic heterocycles. The van der Waals surface area contributed by atoms with E-state index in [2.05, 4.69) is 26.6 Å². The average molecular weight is 384 g/mol. The first kappa shape index (κ1) is 16.9. The van der Waals surface area contributed by atoms with Gasteiger partial charge in [0.2, 0.25) is 0 Å². The molecule has 1 saturated heterocycles. The standard InChI is InChI=1S/C14H14BrN3O5/c15-10-3-1-2-9(6-10)13(21)17-7-12(20)23-8-11(19)18-5-4-16-14(18)22/h1-3,6H,4-5,7-8H2,(H,16,22)(H,17,21). The van der Waals surface area contributed by atoms with Gasteiger partial charge < -0.3 is 15.4 Å². The smallest absolute Gasteiger partial charge is 0.325 e. The number of rotatable bonds is 5. The number of amides is 4. The minimum Gasteiger partial charge on any atom is -0.454 e. The molecule has 4 amide bonds. The number of carbonyl (C=O) groups excluding carboxylic acids is 4. The van der Waals surface area contributed by atoms with E-state index in [1.165, 1.54) is 0 Å². The molecule has 1 aromatic rings. The van der Waals surface area contributed by atoms with E-state index in [0.717, 1.165) is 9.37 Å². The minimum absolute atomic E-state index is 0.245. The lowest BCUT2D eigenvalue weighted by Crippen LogP contribution is -2.38. The van der Waals surface area contributed by atoms with Crippen LogP contribution in [0.2, 0.25) is 0 Å². The highest BCUT2D eigenvalue weighted by Crippen LogP contribution is 2.11. The van der Waals surface area contributed by atoms with Crippen molar-refractivity contribution in [3.8, 4) is 0 Å². The predicted octanol–water partition coefficient (Wildman–Crippen LogP) is 0.274. The molecule has 2 N–H and O–H groups in total. The zero-order chi connectivity index (χ0) is 16.8. The van der Waals surface area contributed by atoms with E-state index < -0.39 is 30.4 Å². The van der Waals surface area contributed by atoms with E-state index in [4.69, 9.17) is 4.74 Å². The predicted molar refractivity (Wildman–Crippen MR) is 82.5 cm³/mol. The molecule has 1 aromatic carbocycles. The molecule has 8 nitrogen and oxygen atoms in total. The molecule has 1 fully saturated rings. The number of imide groups is 1. The summed E-state index contributed by atoms with van der Waals surface area (Å²) < 4.78 is 5.48. The van der Waals surface area contributed by atoms with Crippen LogP contribution >= 0.6 is 15.9 Å². The molecule has 0 bridgehead atoms. The van der Waals surface area contributed by atoms with Gasteiger partial charge >= 0.3 is 12.0 Å². The summed E-state index contributed by atoms with van der Waals surface area (Å²) in [6.45, 7) is -0.292. The zero-order valence-corrected chi connectivity index (χ0v) is 13.6. The van der Waals surface area contributed by atoms with Gasteiger partial charge in [0.05, 0.1) is 0 Å². The average Bonchev–Trinajstić information content (AvgIpc) is 2.96. The number of esters is 1. The second-order valence-electron chi connectivity index (χ2n) is 4.63. The highest BCUT2D eigenvalue weighted by molar-refractivity contribution is 9.10. The molecular weight excluding hydrogens is 370 g/mol. The molecule has 1 aliphatic rings. The van der Waals surface area contributed by atoms with Crippen molar-refractivity contribution in [2.75, 3.05) is 26.2 Å². The topological polar surface area (TPSA) is 105 Å². The number of hydrogen-bond donors (Lipinski definition) is 2. The third kappa shape index (κ3) is 4.78. The Labute approximate surface area is 140 Å². The lowest BCUT2D eigenvalue weighted by Gasteiger charge is -2.12. The molecule has 0 aliphatic carbocycles. The maximum Gasteiger partial charge on any atom is 0.325 e. The fraction of sp³-hybridized carbons (Fsp3) is 0.286. The van der Waals surface area contributed by atoms with Gasteiger partial charge in [0.1, 0.15) is 6.54 Å². The van der Waals surface area contributed by atoms with Gasteiger partial charge in [-0.1, -0.05) is 22.0 Å². The van der Waals surface area contributed by atoms with Crippen molar-refractivity contribution in [3.05, 3.63) is 34.3 Å². The van der Waals surface area contributed by atoms with E-state index in [9.17, 15) is 19.2 Å². The summed E-state index contributed by atoms with van der Waals surface area (Å²) >= 11 is 3.24. The molecule has 1 aliphatic heterocycles. The summed E-state index contributed by atoms with van der Waals surface area (Å²) in [4.78, 5) is 47.2. The van der Waals surface area contributed by atoms with Gasteiger partial charge in [-0.05, 0) is 18.2 Å². The summed E-state index contributed by atoms with van der Waals surface area (Å²) in [5, 5.41) is 4.86.